The molecule has 0 radical (unpaired) electrons. The van der Waals surface area contributed by atoms with Gasteiger partial charge in [0.25, 0.3) is 5.91 Å². The number of benzene rings is 2. The third-order valence-electron chi connectivity index (χ3n) is 4.90. The summed E-state index contributed by atoms with van der Waals surface area (Å²) in [4.78, 5) is 17.1. The Morgan fingerprint density at radius 1 is 0.971 bits per heavy atom. The summed E-state index contributed by atoms with van der Waals surface area (Å²) in [7, 11) is 0. The van der Waals surface area contributed by atoms with E-state index in [-0.39, 0.29) is 12.1 Å². The van der Waals surface area contributed by atoms with Gasteiger partial charge in [-0.1, -0.05) is 47.2 Å². The standard InChI is InChI=1S/C25H17Cl2F5N2O/c1-2-34(23(35)19-5-3-4-6-20(19)25(30,31)32)15-24(28,29)22-21(27)13-17(14-33-22)8-7-16-9-11-18(26)12-10-16/h3-6,9-14H,2,15H2,1H3. The number of alkyl halides is 5. The third-order valence-corrected chi connectivity index (χ3v) is 5.44. The molecule has 0 spiro atoms. The average molecular weight is 527 g/mol. The van der Waals surface area contributed by atoms with Gasteiger partial charge in [0.2, 0.25) is 0 Å². The zero-order chi connectivity index (χ0) is 25.8. The molecule has 1 aromatic heterocycles. The first-order chi connectivity index (χ1) is 16.4. The molecule has 0 saturated heterocycles. The second-order valence-electron chi connectivity index (χ2n) is 7.38. The molecule has 0 unspecified atom stereocenters. The zero-order valence-electron chi connectivity index (χ0n) is 18.1. The van der Waals surface area contributed by atoms with Gasteiger partial charge in [-0.25, -0.2) is 0 Å². The Labute approximate surface area is 208 Å². The van der Waals surface area contributed by atoms with Gasteiger partial charge in [0, 0.05) is 28.9 Å². The molecule has 0 atom stereocenters. The summed E-state index contributed by atoms with van der Waals surface area (Å²) in [6.45, 7) is -0.0887. The van der Waals surface area contributed by atoms with Crippen molar-refractivity contribution in [3.05, 3.63) is 98.8 Å². The summed E-state index contributed by atoms with van der Waals surface area (Å²) in [5, 5.41) is 0.144. The quantitative estimate of drug-likeness (QED) is 0.263. The highest BCUT2D eigenvalue weighted by Crippen LogP contribution is 2.35. The number of pyridine rings is 1. The number of carbonyl (C=O) groups is 1. The van der Waals surface area contributed by atoms with Crippen molar-refractivity contribution in [1.82, 2.24) is 9.88 Å². The topological polar surface area (TPSA) is 33.2 Å². The van der Waals surface area contributed by atoms with Crippen LogP contribution in [0.3, 0.4) is 0 Å². The molecule has 0 N–H and O–H groups in total. The van der Waals surface area contributed by atoms with Gasteiger partial charge in [-0.15, -0.1) is 0 Å². The van der Waals surface area contributed by atoms with Crippen LogP contribution >= 0.6 is 23.2 Å². The molecule has 10 heteroatoms. The predicted octanol–water partition coefficient (Wildman–Crippen LogP) is 7.06. The molecule has 2 aromatic carbocycles. The fourth-order valence-corrected chi connectivity index (χ4v) is 3.61. The molecule has 0 aliphatic rings. The maximum Gasteiger partial charge on any atom is 0.417 e. The first-order valence-corrected chi connectivity index (χ1v) is 10.9. The summed E-state index contributed by atoms with van der Waals surface area (Å²) in [6, 6.07) is 11.9. The van der Waals surface area contributed by atoms with Crippen LogP contribution in [0.4, 0.5) is 22.0 Å². The Balaban J connectivity index is 1.84. The van der Waals surface area contributed by atoms with E-state index in [4.69, 9.17) is 23.2 Å². The molecule has 3 aromatic rings. The maximum absolute atomic E-state index is 15.1. The smallest absolute Gasteiger partial charge is 0.332 e. The Hall–Kier alpha value is -3.15. The van der Waals surface area contributed by atoms with E-state index < -0.39 is 46.4 Å². The van der Waals surface area contributed by atoms with Gasteiger partial charge >= 0.3 is 12.1 Å². The van der Waals surface area contributed by atoms with E-state index in [2.05, 4.69) is 16.8 Å². The molecule has 1 amide bonds. The predicted molar refractivity (Wildman–Crippen MR) is 124 cm³/mol. The van der Waals surface area contributed by atoms with Gasteiger partial charge in [0.1, 0.15) is 5.69 Å². The molecule has 182 valence electrons. The van der Waals surface area contributed by atoms with E-state index in [0.29, 0.717) is 15.5 Å². The van der Waals surface area contributed by atoms with Crippen LogP contribution in [0.5, 0.6) is 0 Å². The van der Waals surface area contributed by atoms with Gasteiger partial charge in [-0.05, 0) is 49.4 Å². The number of nitrogens with zero attached hydrogens (tertiary/aromatic N) is 2. The van der Waals surface area contributed by atoms with Crippen LogP contribution < -0.4 is 0 Å². The van der Waals surface area contributed by atoms with Crippen LogP contribution in [0.2, 0.25) is 10.0 Å². The summed E-state index contributed by atoms with van der Waals surface area (Å²) in [5.74, 6) is 0.665. The Morgan fingerprint density at radius 3 is 2.20 bits per heavy atom. The van der Waals surface area contributed by atoms with Gasteiger partial charge < -0.3 is 4.90 Å². The monoisotopic (exact) mass is 526 g/mol. The van der Waals surface area contributed by atoms with Crippen molar-refractivity contribution in [1.29, 1.82) is 0 Å². The number of amides is 1. The number of carbonyl (C=O) groups excluding carboxylic acids is 1. The van der Waals surface area contributed by atoms with Gasteiger partial charge in [0.15, 0.2) is 0 Å². The third kappa shape index (κ3) is 6.50. The Morgan fingerprint density at radius 2 is 1.60 bits per heavy atom. The molecular weight excluding hydrogens is 510 g/mol. The highest BCUT2D eigenvalue weighted by molar-refractivity contribution is 6.31. The molecule has 0 aliphatic carbocycles. The molecule has 3 nitrogen and oxygen atoms in total. The van der Waals surface area contributed by atoms with Crippen molar-refractivity contribution in [2.75, 3.05) is 13.1 Å². The van der Waals surface area contributed by atoms with Crippen molar-refractivity contribution >= 4 is 29.1 Å². The van der Waals surface area contributed by atoms with E-state index in [1.807, 2.05) is 0 Å². The van der Waals surface area contributed by atoms with Crippen LogP contribution in [-0.2, 0) is 12.1 Å². The van der Waals surface area contributed by atoms with E-state index in [0.717, 1.165) is 24.4 Å². The van der Waals surface area contributed by atoms with Gasteiger partial charge in [-0.3, -0.25) is 9.78 Å². The second kappa shape index (κ2) is 10.6. The molecule has 1 heterocycles. The van der Waals surface area contributed by atoms with Crippen LogP contribution in [0.25, 0.3) is 0 Å². The fraction of sp³-hybridized carbons (Fsp3) is 0.200. The lowest BCUT2D eigenvalue weighted by atomic mass is 10.1. The summed E-state index contributed by atoms with van der Waals surface area (Å²) in [6.07, 6.45) is -3.71. The minimum atomic E-state index is -4.82. The number of aromatic nitrogens is 1. The first kappa shape index (κ1) is 26.5. The maximum atomic E-state index is 15.1. The highest BCUT2D eigenvalue weighted by atomic mass is 35.5. The van der Waals surface area contributed by atoms with E-state index in [1.54, 1.807) is 24.3 Å². The lowest BCUT2D eigenvalue weighted by molar-refractivity contribution is -0.138. The highest BCUT2D eigenvalue weighted by Gasteiger charge is 2.41. The molecular formula is C25H17Cl2F5N2O. The van der Waals surface area contributed by atoms with E-state index in [1.165, 1.54) is 19.1 Å². The van der Waals surface area contributed by atoms with Crippen LogP contribution in [0, 0.1) is 11.8 Å². The van der Waals surface area contributed by atoms with Crippen molar-refractivity contribution in [2.45, 2.75) is 19.0 Å². The molecule has 0 fully saturated rings. The van der Waals surface area contributed by atoms with Crippen molar-refractivity contribution in [3.8, 4) is 11.8 Å². The molecule has 0 bridgehead atoms. The molecule has 3 rings (SSSR count). The van der Waals surface area contributed by atoms with Crippen LogP contribution in [0.1, 0.15) is 39.7 Å². The Bertz CT molecular complexity index is 1280. The van der Waals surface area contributed by atoms with Crippen molar-refractivity contribution in [2.24, 2.45) is 0 Å². The fourth-order valence-electron chi connectivity index (χ4n) is 3.18. The number of hydrogen-bond acceptors (Lipinski definition) is 2. The SMILES string of the molecule is CCN(CC(F)(F)c1ncc(C#Cc2ccc(Cl)cc2)cc1Cl)C(=O)c1ccccc1C(F)(F)F. The minimum absolute atomic E-state index is 0.261. The summed E-state index contributed by atoms with van der Waals surface area (Å²) in [5.41, 5.74) is -1.83. The largest absolute Gasteiger partial charge is 0.417 e. The van der Waals surface area contributed by atoms with Gasteiger partial charge in [-0.2, -0.15) is 22.0 Å². The lowest BCUT2D eigenvalue weighted by Crippen LogP contribution is -2.40. The van der Waals surface area contributed by atoms with Gasteiger partial charge in [0.05, 0.1) is 22.7 Å². The molecule has 0 aliphatic heterocycles. The Kier molecular flexibility index (Phi) is 8.04. The first-order valence-electron chi connectivity index (χ1n) is 10.2. The summed E-state index contributed by atoms with van der Waals surface area (Å²) < 4.78 is 70.0. The van der Waals surface area contributed by atoms with Crippen LogP contribution in [-0.4, -0.2) is 28.9 Å². The van der Waals surface area contributed by atoms with Crippen molar-refractivity contribution < 1.29 is 26.7 Å². The number of rotatable bonds is 5. The number of likely N-dealkylation sites (N-methyl/N-ethyl adjacent to an activating group) is 1. The zero-order valence-corrected chi connectivity index (χ0v) is 19.6. The average Bonchev–Trinajstić information content (AvgIpc) is 2.81. The van der Waals surface area contributed by atoms with E-state index in [9.17, 15) is 18.0 Å². The second-order valence-corrected chi connectivity index (χ2v) is 8.22. The number of halogens is 7. The molecule has 35 heavy (non-hydrogen) atoms. The van der Waals surface area contributed by atoms with E-state index >= 15 is 8.78 Å². The number of hydrogen-bond donors (Lipinski definition) is 0. The lowest BCUT2D eigenvalue weighted by Gasteiger charge is -2.27. The molecule has 0 saturated carbocycles. The van der Waals surface area contributed by atoms with Crippen molar-refractivity contribution in [3.63, 3.8) is 0 Å². The summed E-state index contributed by atoms with van der Waals surface area (Å²) >= 11 is 11.9. The normalized spacial score (nSPS) is 11.5. The minimum Gasteiger partial charge on any atom is -0.332 e. The van der Waals surface area contributed by atoms with Crippen LogP contribution in [0.15, 0.2) is 60.8 Å².